The van der Waals surface area contributed by atoms with Gasteiger partial charge in [-0.05, 0) is 35.2 Å². The highest BCUT2D eigenvalue weighted by Crippen LogP contribution is 2.27. The molecule has 0 saturated carbocycles. The SMILES string of the molecule is COc1ccc(C(=O)NCC(N)c2ccc(C(C)C)cc2)cc1OC.Cl. The van der Waals surface area contributed by atoms with Crippen molar-refractivity contribution in [2.75, 3.05) is 20.8 Å². The summed E-state index contributed by atoms with van der Waals surface area (Å²) in [5.74, 6) is 1.38. The summed E-state index contributed by atoms with van der Waals surface area (Å²) in [5, 5.41) is 2.86. The Morgan fingerprint density at radius 2 is 1.58 bits per heavy atom. The lowest BCUT2D eigenvalue weighted by Gasteiger charge is -2.15. The lowest BCUT2D eigenvalue weighted by molar-refractivity contribution is 0.0951. The minimum Gasteiger partial charge on any atom is -0.493 e. The summed E-state index contributed by atoms with van der Waals surface area (Å²) in [6, 6.07) is 13.0. The standard InChI is InChI=1S/C20H26N2O3.ClH/c1-13(2)14-5-7-15(8-6-14)17(21)12-22-20(23)16-9-10-18(24-3)19(11-16)25-4;/h5-11,13,17H,12,21H2,1-4H3,(H,22,23);1H. The fourth-order valence-corrected chi connectivity index (χ4v) is 2.53. The molecule has 3 N–H and O–H groups in total. The highest BCUT2D eigenvalue weighted by molar-refractivity contribution is 5.94. The molecule has 0 heterocycles. The van der Waals surface area contributed by atoms with Gasteiger partial charge in [-0.15, -0.1) is 12.4 Å². The molecule has 26 heavy (non-hydrogen) atoms. The molecule has 0 fully saturated rings. The van der Waals surface area contributed by atoms with E-state index < -0.39 is 0 Å². The van der Waals surface area contributed by atoms with Gasteiger partial charge in [-0.25, -0.2) is 0 Å². The molecular formula is C20H27ClN2O3. The first kappa shape index (κ1) is 21.8. The van der Waals surface area contributed by atoms with E-state index in [4.69, 9.17) is 15.2 Å². The molecule has 6 heteroatoms. The molecule has 2 aromatic carbocycles. The number of nitrogens with one attached hydrogen (secondary N) is 1. The number of halogens is 1. The quantitative estimate of drug-likeness (QED) is 0.770. The molecule has 2 rings (SSSR count). The molecule has 1 unspecified atom stereocenters. The minimum absolute atomic E-state index is 0. The molecule has 0 aliphatic heterocycles. The van der Waals surface area contributed by atoms with Crippen molar-refractivity contribution in [1.29, 1.82) is 0 Å². The summed E-state index contributed by atoms with van der Waals surface area (Å²) in [5.41, 5.74) is 8.96. The zero-order valence-corrected chi connectivity index (χ0v) is 16.4. The average molecular weight is 379 g/mol. The Morgan fingerprint density at radius 1 is 1.00 bits per heavy atom. The van der Waals surface area contributed by atoms with Crippen LogP contribution in [0.25, 0.3) is 0 Å². The van der Waals surface area contributed by atoms with E-state index in [-0.39, 0.29) is 24.4 Å². The van der Waals surface area contributed by atoms with Gasteiger partial charge in [-0.2, -0.15) is 0 Å². The number of carbonyl (C=O) groups is 1. The number of ether oxygens (including phenoxy) is 2. The topological polar surface area (TPSA) is 73.6 Å². The normalized spacial score (nSPS) is 11.5. The molecule has 1 atom stereocenters. The predicted molar refractivity (Wildman–Crippen MR) is 107 cm³/mol. The average Bonchev–Trinajstić information content (AvgIpc) is 2.65. The molecule has 1 amide bonds. The lowest BCUT2D eigenvalue weighted by Crippen LogP contribution is -2.31. The zero-order chi connectivity index (χ0) is 18.4. The maximum Gasteiger partial charge on any atom is 0.251 e. The van der Waals surface area contributed by atoms with Crippen LogP contribution in [0.3, 0.4) is 0 Å². The van der Waals surface area contributed by atoms with E-state index in [2.05, 4.69) is 31.3 Å². The number of hydrogen-bond acceptors (Lipinski definition) is 4. The van der Waals surface area contributed by atoms with Crippen molar-refractivity contribution in [3.8, 4) is 11.5 Å². The van der Waals surface area contributed by atoms with Crippen LogP contribution in [0.1, 0.15) is 47.3 Å². The summed E-state index contributed by atoms with van der Waals surface area (Å²) in [6.45, 7) is 4.66. The number of hydrogen-bond donors (Lipinski definition) is 2. The zero-order valence-electron chi connectivity index (χ0n) is 15.6. The number of carbonyl (C=O) groups excluding carboxylic acids is 1. The van der Waals surface area contributed by atoms with E-state index in [9.17, 15) is 4.79 Å². The van der Waals surface area contributed by atoms with Crippen LogP contribution in [0.4, 0.5) is 0 Å². The van der Waals surface area contributed by atoms with Gasteiger partial charge in [0.2, 0.25) is 0 Å². The Labute approximate surface area is 161 Å². The third kappa shape index (κ3) is 5.38. The van der Waals surface area contributed by atoms with Gasteiger partial charge < -0.3 is 20.5 Å². The summed E-state index contributed by atoms with van der Waals surface area (Å²) in [4.78, 5) is 12.3. The van der Waals surface area contributed by atoms with Crippen LogP contribution < -0.4 is 20.5 Å². The van der Waals surface area contributed by atoms with Gasteiger partial charge in [0.05, 0.1) is 14.2 Å². The lowest BCUT2D eigenvalue weighted by atomic mass is 9.99. The van der Waals surface area contributed by atoms with E-state index in [1.165, 1.54) is 12.7 Å². The number of nitrogens with two attached hydrogens (primary N) is 1. The van der Waals surface area contributed by atoms with Gasteiger partial charge in [0, 0.05) is 18.2 Å². The fourth-order valence-electron chi connectivity index (χ4n) is 2.53. The Morgan fingerprint density at radius 3 is 2.12 bits per heavy atom. The van der Waals surface area contributed by atoms with Gasteiger partial charge >= 0.3 is 0 Å². The first-order valence-corrected chi connectivity index (χ1v) is 8.32. The number of rotatable bonds is 7. The van der Waals surface area contributed by atoms with Gasteiger partial charge in [0.25, 0.3) is 5.91 Å². The Balaban J connectivity index is 0.00000338. The van der Waals surface area contributed by atoms with Crippen LogP contribution in [-0.4, -0.2) is 26.7 Å². The second kappa shape index (κ2) is 10.0. The van der Waals surface area contributed by atoms with Gasteiger partial charge in [-0.3, -0.25) is 4.79 Å². The molecule has 0 aliphatic rings. The monoisotopic (exact) mass is 378 g/mol. The first-order valence-electron chi connectivity index (χ1n) is 8.32. The third-order valence-corrected chi connectivity index (χ3v) is 4.16. The van der Waals surface area contributed by atoms with Crippen molar-refractivity contribution in [2.24, 2.45) is 5.73 Å². The molecule has 0 aromatic heterocycles. The van der Waals surface area contributed by atoms with Crippen LogP contribution in [-0.2, 0) is 0 Å². The second-order valence-electron chi connectivity index (χ2n) is 6.21. The van der Waals surface area contributed by atoms with Gasteiger partial charge in [-0.1, -0.05) is 38.1 Å². The second-order valence-corrected chi connectivity index (χ2v) is 6.21. The number of benzene rings is 2. The van der Waals surface area contributed by atoms with Crippen molar-refractivity contribution in [1.82, 2.24) is 5.32 Å². The summed E-state index contributed by atoms with van der Waals surface area (Å²) in [6.07, 6.45) is 0. The van der Waals surface area contributed by atoms with E-state index in [1.54, 1.807) is 25.3 Å². The third-order valence-electron chi connectivity index (χ3n) is 4.16. The maximum atomic E-state index is 12.3. The van der Waals surface area contributed by atoms with Crippen molar-refractivity contribution < 1.29 is 14.3 Å². The van der Waals surface area contributed by atoms with E-state index in [0.717, 1.165) is 5.56 Å². The molecule has 0 bridgehead atoms. The van der Waals surface area contributed by atoms with Crippen LogP contribution in [0, 0.1) is 0 Å². The van der Waals surface area contributed by atoms with E-state index >= 15 is 0 Å². The number of methoxy groups -OCH3 is 2. The van der Waals surface area contributed by atoms with Crippen molar-refractivity contribution >= 4 is 18.3 Å². The van der Waals surface area contributed by atoms with Crippen LogP contribution in [0.2, 0.25) is 0 Å². The highest BCUT2D eigenvalue weighted by Gasteiger charge is 2.13. The first-order chi connectivity index (χ1) is 12.0. The van der Waals surface area contributed by atoms with Crippen LogP contribution in [0.5, 0.6) is 11.5 Å². The Kier molecular flexibility index (Phi) is 8.42. The van der Waals surface area contributed by atoms with E-state index in [0.29, 0.717) is 29.5 Å². The summed E-state index contributed by atoms with van der Waals surface area (Å²) in [7, 11) is 3.09. The van der Waals surface area contributed by atoms with Crippen LogP contribution in [0.15, 0.2) is 42.5 Å². The van der Waals surface area contributed by atoms with Gasteiger partial charge in [0.15, 0.2) is 11.5 Å². The van der Waals surface area contributed by atoms with Gasteiger partial charge in [0.1, 0.15) is 0 Å². The fraction of sp³-hybridized carbons (Fsp3) is 0.350. The van der Waals surface area contributed by atoms with Crippen molar-refractivity contribution in [2.45, 2.75) is 25.8 Å². The molecule has 0 radical (unpaired) electrons. The molecule has 0 spiro atoms. The highest BCUT2D eigenvalue weighted by atomic mass is 35.5. The van der Waals surface area contributed by atoms with Crippen LogP contribution >= 0.6 is 12.4 Å². The molecule has 142 valence electrons. The van der Waals surface area contributed by atoms with Crippen molar-refractivity contribution in [3.63, 3.8) is 0 Å². The molecule has 5 nitrogen and oxygen atoms in total. The summed E-state index contributed by atoms with van der Waals surface area (Å²) >= 11 is 0. The molecular weight excluding hydrogens is 352 g/mol. The minimum atomic E-state index is -0.259. The molecule has 0 aliphatic carbocycles. The Bertz CT molecular complexity index is 717. The maximum absolute atomic E-state index is 12.3. The summed E-state index contributed by atoms with van der Waals surface area (Å²) < 4.78 is 10.4. The van der Waals surface area contributed by atoms with E-state index in [1.807, 2.05) is 12.1 Å². The van der Waals surface area contributed by atoms with Crippen molar-refractivity contribution in [3.05, 3.63) is 59.2 Å². The Hall–Kier alpha value is -2.24. The predicted octanol–water partition coefficient (Wildman–Crippen LogP) is 3.68. The smallest absolute Gasteiger partial charge is 0.251 e. The largest absolute Gasteiger partial charge is 0.493 e. The molecule has 0 saturated heterocycles. The number of amides is 1. The molecule has 2 aromatic rings.